The summed E-state index contributed by atoms with van der Waals surface area (Å²) in [6.07, 6.45) is 4.85. The Morgan fingerprint density at radius 1 is 1.32 bits per heavy atom. The fourth-order valence-electron chi connectivity index (χ4n) is 2.78. The van der Waals surface area contributed by atoms with E-state index in [0.717, 1.165) is 36.3 Å². The zero-order valence-electron chi connectivity index (χ0n) is 13.6. The quantitative estimate of drug-likeness (QED) is 0.645. The minimum Gasteiger partial charge on any atom is -0.326 e. The molecule has 0 unspecified atom stereocenters. The van der Waals surface area contributed by atoms with Crippen molar-refractivity contribution in [2.45, 2.75) is 12.8 Å². The van der Waals surface area contributed by atoms with Gasteiger partial charge in [0.2, 0.25) is 5.91 Å². The van der Waals surface area contributed by atoms with Crippen molar-refractivity contribution in [1.82, 2.24) is 10.3 Å². The maximum atomic E-state index is 12.4. The summed E-state index contributed by atoms with van der Waals surface area (Å²) >= 11 is 0. The predicted octanol–water partition coefficient (Wildman–Crippen LogP) is 2.55. The molecule has 0 saturated heterocycles. The van der Waals surface area contributed by atoms with Crippen molar-refractivity contribution >= 4 is 22.9 Å². The van der Waals surface area contributed by atoms with Crippen LogP contribution in [0.4, 0.5) is 11.4 Å². The lowest BCUT2D eigenvalue weighted by molar-refractivity contribution is -0.384. The largest absolute Gasteiger partial charge is 0.326 e. The Bertz CT molecular complexity index is 833. The van der Waals surface area contributed by atoms with E-state index in [4.69, 9.17) is 0 Å². The number of nitrogens with zero attached hydrogens (tertiary/aromatic N) is 2. The van der Waals surface area contributed by atoms with Gasteiger partial charge in [0.25, 0.3) is 5.69 Å². The van der Waals surface area contributed by atoms with Gasteiger partial charge >= 0.3 is 0 Å². The molecule has 25 heavy (non-hydrogen) atoms. The van der Waals surface area contributed by atoms with Crippen LogP contribution in [0.2, 0.25) is 0 Å². The summed E-state index contributed by atoms with van der Waals surface area (Å²) < 4.78 is 0. The second kappa shape index (κ2) is 7.67. The zero-order valence-corrected chi connectivity index (χ0v) is 13.6. The Balaban J connectivity index is 1.74. The molecule has 128 valence electrons. The molecule has 3 rings (SSSR count). The van der Waals surface area contributed by atoms with E-state index in [1.807, 2.05) is 6.07 Å². The monoisotopic (exact) mass is 338 g/mol. The number of benzene rings is 1. The van der Waals surface area contributed by atoms with Crippen LogP contribution in [0.1, 0.15) is 17.7 Å². The molecule has 2 N–H and O–H groups in total. The van der Waals surface area contributed by atoms with Gasteiger partial charge in [-0.15, -0.1) is 0 Å². The maximum absolute atomic E-state index is 12.4. The molecule has 2 heterocycles. The Kier molecular flexibility index (Phi) is 5.15. The predicted molar refractivity (Wildman–Crippen MR) is 95.1 cm³/mol. The number of hydrogen-bond donors (Lipinski definition) is 2. The first kappa shape index (κ1) is 16.8. The summed E-state index contributed by atoms with van der Waals surface area (Å²) in [4.78, 5) is 27.1. The molecular weight excluding hydrogens is 320 g/mol. The Morgan fingerprint density at radius 3 is 2.96 bits per heavy atom. The normalized spacial score (nSPS) is 13.8. The molecule has 1 aliphatic rings. The summed E-state index contributed by atoms with van der Waals surface area (Å²) in [6, 6.07) is 9.60. The van der Waals surface area contributed by atoms with Gasteiger partial charge in [-0.3, -0.25) is 19.9 Å². The molecule has 1 aliphatic heterocycles. The molecular formula is C18H18N4O3. The van der Waals surface area contributed by atoms with E-state index < -0.39 is 4.92 Å². The van der Waals surface area contributed by atoms with Crippen LogP contribution < -0.4 is 10.6 Å². The van der Waals surface area contributed by atoms with Gasteiger partial charge in [-0.2, -0.15) is 0 Å². The van der Waals surface area contributed by atoms with Crippen LogP contribution in [-0.4, -0.2) is 28.9 Å². The number of carbonyl (C=O) groups is 1. The molecule has 1 aromatic heterocycles. The van der Waals surface area contributed by atoms with Crippen LogP contribution >= 0.6 is 0 Å². The first-order valence-corrected chi connectivity index (χ1v) is 8.02. The second-order valence-electron chi connectivity index (χ2n) is 5.73. The number of amides is 1. The van der Waals surface area contributed by atoms with Gasteiger partial charge in [0.1, 0.15) is 0 Å². The molecule has 0 saturated carbocycles. The molecule has 1 amide bonds. The number of aromatic nitrogens is 1. The molecule has 2 aromatic rings. The van der Waals surface area contributed by atoms with Gasteiger partial charge in [0.05, 0.1) is 17.0 Å². The number of hydrogen-bond acceptors (Lipinski definition) is 5. The molecule has 0 fully saturated rings. The molecule has 7 nitrogen and oxygen atoms in total. The van der Waals surface area contributed by atoms with Gasteiger partial charge in [-0.25, -0.2) is 0 Å². The lowest BCUT2D eigenvalue weighted by Gasteiger charge is -2.16. The van der Waals surface area contributed by atoms with Gasteiger partial charge in [0.15, 0.2) is 0 Å². The topological polar surface area (TPSA) is 97.2 Å². The molecule has 0 radical (unpaired) electrons. The van der Waals surface area contributed by atoms with E-state index in [-0.39, 0.29) is 18.0 Å². The van der Waals surface area contributed by atoms with Crippen LogP contribution in [0, 0.1) is 10.1 Å². The summed E-state index contributed by atoms with van der Waals surface area (Å²) in [5, 5.41) is 16.8. The van der Waals surface area contributed by atoms with Crippen molar-refractivity contribution in [2.75, 3.05) is 18.4 Å². The average molecular weight is 338 g/mol. The van der Waals surface area contributed by atoms with E-state index in [0.29, 0.717) is 5.69 Å². The molecule has 0 atom stereocenters. The van der Waals surface area contributed by atoms with Crippen LogP contribution in [0.3, 0.4) is 0 Å². The number of nitro benzene ring substituents is 1. The zero-order chi connectivity index (χ0) is 17.6. The smallest absolute Gasteiger partial charge is 0.271 e. The Hall–Kier alpha value is -3.06. The summed E-state index contributed by atoms with van der Waals surface area (Å²) in [6.45, 7) is 1.69. The van der Waals surface area contributed by atoms with Crippen LogP contribution in [-0.2, 0) is 11.2 Å². The highest BCUT2D eigenvalue weighted by Gasteiger charge is 2.15. The fraction of sp³-hybridized carbons (Fsp3) is 0.222. The number of non-ortho nitro benzene ring substituents is 1. The number of carbonyl (C=O) groups excluding carboxylic acids is 1. The number of pyridine rings is 1. The van der Waals surface area contributed by atoms with Gasteiger partial charge < -0.3 is 10.6 Å². The highest BCUT2D eigenvalue weighted by molar-refractivity contribution is 5.93. The van der Waals surface area contributed by atoms with E-state index >= 15 is 0 Å². The first-order valence-electron chi connectivity index (χ1n) is 8.02. The summed E-state index contributed by atoms with van der Waals surface area (Å²) in [5.74, 6) is -0.232. The Labute approximate surface area is 144 Å². The average Bonchev–Trinajstić information content (AvgIpc) is 2.63. The SMILES string of the molecule is O=C(Cc1cccnc1C1=CCNCC1)Nc1cccc([N+](=O)[O-])c1. The van der Waals surface area contributed by atoms with E-state index in [2.05, 4.69) is 21.7 Å². The minimum absolute atomic E-state index is 0.0558. The highest BCUT2D eigenvalue weighted by atomic mass is 16.6. The lowest BCUT2D eigenvalue weighted by atomic mass is 9.99. The van der Waals surface area contributed by atoms with E-state index in [1.54, 1.807) is 24.4 Å². The van der Waals surface area contributed by atoms with Crippen LogP contribution in [0.15, 0.2) is 48.7 Å². The van der Waals surface area contributed by atoms with E-state index in [9.17, 15) is 14.9 Å². The summed E-state index contributed by atoms with van der Waals surface area (Å²) in [5.41, 5.74) is 3.18. The van der Waals surface area contributed by atoms with Crippen molar-refractivity contribution in [3.63, 3.8) is 0 Å². The third-order valence-electron chi connectivity index (χ3n) is 3.95. The number of rotatable bonds is 5. The third-order valence-corrected chi connectivity index (χ3v) is 3.95. The highest BCUT2D eigenvalue weighted by Crippen LogP contribution is 2.22. The first-order chi connectivity index (χ1) is 12.1. The second-order valence-corrected chi connectivity index (χ2v) is 5.73. The number of nitro groups is 1. The van der Waals surface area contributed by atoms with Crippen molar-refractivity contribution in [3.8, 4) is 0 Å². The number of anilines is 1. The molecule has 0 aliphatic carbocycles. The molecule has 7 heteroatoms. The molecule has 0 spiro atoms. The van der Waals surface area contributed by atoms with Crippen LogP contribution in [0.25, 0.3) is 5.57 Å². The van der Waals surface area contributed by atoms with Crippen molar-refractivity contribution in [1.29, 1.82) is 0 Å². The molecule has 0 bridgehead atoms. The van der Waals surface area contributed by atoms with Crippen LogP contribution in [0.5, 0.6) is 0 Å². The maximum Gasteiger partial charge on any atom is 0.271 e. The van der Waals surface area contributed by atoms with Crippen molar-refractivity contribution in [2.24, 2.45) is 0 Å². The third kappa shape index (κ3) is 4.27. The minimum atomic E-state index is -0.488. The van der Waals surface area contributed by atoms with Gasteiger partial charge in [0, 0.05) is 30.6 Å². The fourth-order valence-corrected chi connectivity index (χ4v) is 2.78. The molecule has 1 aromatic carbocycles. The van der Waals surface area contributed by atoms with Gasteiger partial charge in [-0.05, 0) is 36.2 Å². The van der Waals surface area contributed by atoms with E-state index in [1.165, 1.54) is 12.1 Å². The van der Waals surface area contributed by atoms with Gasteiger partial charge in [-0.1, -0.05) is 18.2 Å². The number of nitrogens with one attached hydrogen (secondary N) is 2. The summed E-state index contributed by atoms with van der Waals surface area (Å²) in [7, 11) is 0. The van der Waals surface area contributed by atoms with Crippen molar-refractivity contribution in [3.05, 3.63) is 70.0 Å². The lowest BCUT2D eigenvalue weighted by Crippen LogP contribution is -2.21. The Morgan fingerprint density at radius 2 is 2.20 bits per heavy atom. The standard InChI is InChI=1S/C18H18N4O3/c23-17(21-15-4-1-5-16(12-15)22(24)25)11-14-3-2-8-20-18(14)13-6-9-19-10-7-13/h1-6,8,12,19H,7,9-11H2,(H,21,23). The van der Waals surface area contributed by atoms with Crippen molar-refractivity contribution < 1.29 is 9.72 Å².